The van der Waals surface area contributed by atoms with Gasteiger partial charge in [0.05, 0.1) is 0 Å². The van der Waals surface area contributed by atoms with Gasteiger partial charge in [-0.15, -0.1) is 0 Å². The van der Waals surface area contributed by atoms with Crippen molar-refractivity contribution in [3.63, 3.8) is 0 Å². The second kappa shape index (κ2) is 16.2. The summed E-state index contributed by atoms with van der Waals surface area (Å²) in [5.41, 5.74) is 0. The first-order valence-corrected chi connectivity index (χ1v) is 6.19. The zero-order chi connectivity index (χ0) is 10.2. The predicted molar refractivity (Wildman–Crippen MR) is 81.7 cm³/mol. The fourth-order valence-electron chi connectivity index (χ4n) is 0.743. The van der Waals surface area contributed by atoms with E-state index < -0.39 is 0 Å². The van der Waals surface area contributed by atoms with Crippen LogP contribution in [0.4, 0.5) is 0 Å². The van der Waals surface area contributed by atoms with Gasteiger partial charge in [0.15, 0.2) is 0 Å². The van der Waals surface area contributed by atoms with Crippen molar-refractivity contribution in [3.05, 3.63) is 67.8 Å². The molecule has 17 heavy (non-hydrogen) atoms. The Hall–Kier alpha value is 2.16. The summed E-state index contributed by atoms with van der Waals surface area (Å²) < 4.78 is 2.33. The molecule has 0 heterocycles. The van der Waals surface area contributed by atoms with Crippen LogP contribution >= 0.6 is 45.2 Å². The van der Waals surface area contributed by atoms with Crippen molar-refractivity contribution in [2.24, 2.45) is 0 Å². The average Bonchev–Trinajstić information content (AvgIpc) is 2.21. The Kier molecular flexibility index (Phi) is 23.1. The monoisotopic (exact) mass is 780 g/mol. The Morgan fingerprint density at radius 3 is 1.18 bits per heavy atom. The van der Waals surface area contributed by atoms with Gasteiger partial charge >= 0.3 is 23.9 Å². The van der Waals surface area contributed by atoms with Crippen molar-refractivity contribution in [2.45, 2.75) is 0 Å². The van der Waals surface area contributed by atoms with E-state index in [9.17, 15) is 0 Å². The van der Waals surface area contributed by atoms with E-state index in [-0.39, 0.29) is 71.9 Å². The molecule has 0 aliphatic heterocycles. The maximum Gasteiger partial charge on any atom is 2.00 e. The quantitative estimate of drug-likeness (QED) is 0.211. The van der Waals surface area contributed by atoms with E-state index in [0.29, 0.717) is 0 Å². The molecule has 0 spiro atoms. The Morgan fingerprint density at radius 2 is 1.06 bits per heavy atom. The normalized spacial score (nSPS) is 7.18. The Balaban J connectivity index is -0.000000196. The van der Waals surface area contributed by atoms with E-state index in [0.717, 1.165) is 0 Å². The third kappa shape index (κ3) is 14.4. The SMILES string of the molecule is Ic1[c]cccc1.Ic1[c]cccc1.[I-].[I-].[Sn+2]. The van der Waals surface area contributed by atoms with Crippen LogP contribution in [0.15, 0.2) is 48.5 Å². The maximum atomic E-state index is 3.02. The van der Waals surface area contributed by atoms with Crippen LogP contribution in [0.25, 0.3) is 0 Å². The summed E-state index contributed by atoms with van der Waals surface area (Å²) in [7, 11) is 0. The smallest absolute Gasteiger partial charge is 1.00 e. The van der Waals surface area contributed by atoms with Crippen molar-refractivity contribution in [3.8, 4) is 0 Å². The summed E-state index contributed by atoms with van der Waals surface area (Å²) in [5, 5.41) is 0. The van der Waals surface area contributed by atoms with Gasteiger partial charge in [0.25, 0.3) is 0 Å². The molecule has 0 N–H and O–H groups in total. The fourth-order valence-corrected chi connectivity index (χ4v) is 1.52. The molecule has 0 saturated carbocycles. The van der Waals surface area contributed by atoms with Crippen LogP contribution in [0, 0.1) is 19.3 Å². The molecule has 0 unspecified atom stereocenters. The summed E-state index contributed by atoms with van der Waals surface area (Å²) in [6.45, 7) is 0. The van der Waals surface area contributed by atoms with Crippen LogP contribution in [0.1, 0.15) is 0 Å². The molecule has 0 fully saturated rings. The Bertz CT molecular complexity index is 316. The standard InChI is InChI=1S/2C6H4I.2HI.Sn/c2*7-6-4-2-1-3-5-6;;;/h2*1-4H;2*1H;/q;;;;+2/p-2. The molecule has 0 aliphatic rings. The zero-order valence-electron chi connectivity index (χ0n) is 8.63. The van der Waals surface area contributed by atoms with Crippen LogP contribution in [0.5, 0.6) is 0 Å². The van der Waals surface area contributed by atoms with Gasteiger partial charge in [0, 0.05) is 7.14 Å². The van der Waals surface area contributed by atoms with Crippen LogP contribution in [0.2, 0.25) is 0 Å². The molecule has 4 radical (unpaired) electrons. The van der Waals surface area contributed by atoms with Gasteiger partial charge in [0.1, 0.15) is 0 Å². The van der Waals surface area contributed by atoms with Crippen molar-refractivity contribution >= 4 is 69.1 Å². The molecule has 0 aliphatic carbocycles. The van der Waals surface area contributed by atoms with Crippen LogP contribution in [0.3, 0.4) is 0 Å². The van der Waals surface area contributed by atoms with Crippen molar-refractivity contribution < 1.29 is 48.0 Å². The molecular formula is C12H8I4Sn. The van der Waals surface area contributed by atoms with Gasteiger partial charge in [-0.05, 0) is 69.4 Å². The molecule has 2 aromatic rings. The molecule has 2 rings (SSSR count). The van der Waals surface area contributed by atoms with E-state index in [1.165, 1.54) is 7.14 Å². The van der Waals surface area contributed by atoms with Crippen molar-refractivity contribution in [1.82, 2.24) is 0 Å². The molecule has 0 atom stereocenters. The van der Waals surface area contributed by atoms with Gasteiger partial charge in [-0.1, -0.05) is 36.4 Å². The second-order valence-electron chi connectivity index (χ2n) is 2.42. The van der Waals surface area contributed by atoms with Gasteiger partial charge in [0.2, 0.25) is 0 Å². The summed E-state index contributed by atoms with van der Waals surface area (Å²) >= 11 is 4.45. The summed E-state index contributed by atoms with van der Waals surface area (Å²) in [6, 6.07) is 21.8. The average molecular weight is 779 g/mol. The first kappa shape index (κ1) is 24.2. The van der Waals surface area contributed by atoms with Gasteiger partial charge in [-0.25, -0.2) is 0 Å². The number of halogens is 4. The fraction of sp³-hybridized carbons (Fsp3) is 0. The minimum Gasteiger partial charge on any atom is -1.00 e. The third-order valence-corrected chi connectivity index (χ3v) is 2.68. The molecule has 0 bridgehead atoms. The van der Waals surface area contributed by atoms with Crippen LogP contribution < -0.4 is 48.0 Å². The van der Waals surface area contributed by atoms with Crippen molar-refractivity contribution in [2.75, 3.05) is 0 Å². The summed E-state index contributed by atoms with van der Waals surface area (Å²) in [4.78, 5) is 0. The summed E-state index contributed by atoms with van der Waals surface area (Å²) in [5.74, 6) is 0. The van der Waals surface area contributed by atoms with Gasteiger partial charge < -0.3 is 48.0 Å². The van der Waals surface area contributed by atoms with Gasteiger partial charge in [-0.3, -0.25) is 0 Å². The number of benzene rings is 2. The Morgan fingerprint density at radius 1 is 0.706 bits per heavy atom. The van der Waals surface area contributed by atoms with E-state index >= 15 is 0 Å². The number of rotatable bonds is 0. The van der Waals surface area contributed by atoms with Gasteiger partial charge in [-0.2, -0.15) is 0 Å². The van der Waals surface area contributed by atoms with E-state index in [4.69, 9.17) is 0 Å². The number of hydrogen-bond donors (Lipinski definition) is 0. The summed E-state index contributed by atoms with van der Waals surface area (Å²) in [6.07, 6.45) is 0. The Labute approximate surface area is 181 Å². The predicted octanol–water partition coefficient (Wildman–Crippen LogP) is -2.19. The molecule has 0 aromatic heterocycles. The van der Waals surface area contributed by atoms with Crippen LogP contribution in [-0.2, 0) is 0 Å². The van der Waals surface area contributed by atoms with Crippen molar-refractivity contribution in [1.29, 1.82) is 0 Å². The molecule has 2 aromatic carbocycles. The maximum absolute atomic E-state index is 3.02. The first-order chi connectivity index (χ1) is 6.79. The van der Waals surface area contributed by atoms with Crippen LogP contribution in [-0.4, -0.2) is 23.9 Å². The molecule has 0 nitrogen and oxygen atoms in total. The first-order valence-electron chi connectivity index (χ1n) is 4.03. The second-order valence-corrected chi connectivity index (χ2v) is 4.75. The minimum atomic E-state index is 0. The zero-order valence-corrected chi connectivity index (χ0v) is 20.1. The third-order valence-electron chi connectivity index (χ3n) is 1.34. The largest absolute Gasteiger partial charge is 2.00 e. The van der Waals surface area contributed by atoms with E-state index in [1.54, 1.807) is 0 Å². The van der Waals surface area contributed by atoms with E-state index in [1.807, 2.05) is 48.5 Å². The number of hydrogen-bond acceptors (Lipinski definition) is 0. The molecule has 88 valence electrons. The van der Waals surface area contributed by atoms with E-state index in [2.05, 4.69) is 57.3 Å². The molecule has 5 heteroatoms. The molecular weight excluding hydrogens is 770 g/mol. The minimum absolute atomic E-state index is 0. The molecule has 0 amide bonds. The molecule has 0 saturated heterocycles. The topological polar surface area (TPSA) is 0 Å².